The maximum Gasteiger partial charge on any atom is 0.259 e. The molecule has 3 aromatic carbocycles. The molecule has 0 saturated carbocycles. The number of aromatic nitrogens is 1. The Morgan fingerprint density at radius 3 is 1.83 bits per heavy atom. The van der Waals surface area contributed by atoms with Gasteiger partial charge in [-0.05, 0) is 47.9 Å². The highest BCUT2D eigenvalue weighted by molar-refractivity contribution is 6.35. The van der Waals surface area contributed by atoms with Crippen molar-refractivity contribution in [1.29, 1.82) is 0 Å². The van der Waals surface area contributed by atoms with E-state index in [9.17, 15) is 4.79 Å². The molecular formula is C28H29ClN2O5. The number of pyridine rings is 1. The maximum atomic E-state index is 12.7. The highest BCUT2D eigenvalue weighted by Gasteiger charge is 2.18. The van der Waals surface area contributed by atoms with Crippen LogP contribution in [0.5, 0.6) is 23.0 Å². The minimum Gasteiger partial charge on any atom is -0.497 e. The lowest BCUT2D eigenvalue weighted by atomic mass is 10.1. The molecule has 36 heavy (non-hydrogen) atoms. The molecule has 4 rings (SSSR count). The van der Waals surface area contributed by atoms with E-state index < -0.39 is 0 Å². The van der Waals surface area contributed by atoms with E-state index in [1.807, 2.05) is 54.6 Å². The van der Waals surface area contributed by atoms with Crippen LogP contribution in [0.4, 0.5) is 5.69 Å². The Morgan fingerprint density at radius 1 is 0.778 bits per heavy atom. The van der Waals surface area contributed by atoms with Crippen LogP contribution in [0.3, 0.4) is 0 Å². The first kappa shape index (κ1) is 25.3. The molecule has 0 radical (unpaired) electrons. The Kier molecular flexibility index (Phi) is 7.60. The van der Waals surface area contributed by atoms with Crippen molar-refractivity contribution < 1.29 is 18.9 Å². The van der Waals surface area contributed by atoms with Gasteiger partial charge in [0.1, 0.15) is 23.0 Å². The van der Waals surface area contributed by atoms with E-state index in [0.29, 0.717) is 46.5 Å². The lowest BCUT2D eigenvalue weighted by Gasteiger charge is -2.27. The van der Waals surface area contributed by atoms with Crippen molar-refractivity contribution in [3.8, 4) is 23.0 Å². The van der Waals surface area contributed by atoms with Gasteiger partial charge in [0.2, 0.25) is 0 Å². The Hall–Kier alpha value is -3.84. The van der Waals surface area contributed by atoms with Gasteiger partial charge in [0.15, 0.2) is 0 Å². The number of ether oxygens (including phenoxy) is 4. The first-order chi connectivity index (χ1) is 17.4. The normalized spacial score (nSPS) is 10.8. The van der Waals surface area contributed by atoms with Gasteiger partial charge in [-0.1, -0.05) is 11.6 Å². The average Bonchev–Trinajstić information content (AvgIpc) is 2.90. The molecule has 1 aromatic heterocycles. The van der Waals surface area contributed by atoms with Gasteiger partial charge in [-0.3, -0.25) is 4.79 Å². The Morgan fingerprint density at radius 2 is 1.33 bits per heavy atom. The predicted molar refractivity (Wildman–Crippen MR) is 143 cm³/mol. The zero-order valence-electron chi connectivity index (χ0n) is 21.0. The average molecular weight is 509 g/mol. The Balaban J connectivity index is 1.83. The van der Waals surface area contributed by atoms with Gasteiger partial charge < -0.3 is 28.4 Å². The Bertz CT molecular complexity index is 1390. The van der Waals surface area contributed by atoms with Gasteiger partial charge in [-0.15, -0.1) is 0 Å². The topological polar surface area (TPSA) is 62.2 Å². The molecule has 0 unspecified atom stereocenters. The number of rotatable bonds is 9. The first-order valence-corrected chi connectivity index (χ1v) is 11.7. The van der Waals surface area contributed by atoms with Crippen LogP contribution in [0, 0.1) is 0 Å². The van der Waals surface area contributed by atoms with E-state index in [-0.39, 0.29) is 5.56 Å². The molecule has 0 aliphatic rings. The van der Waals surface area contributed by atoms with E-state index in [4.69, 9.17) is 30.5 Å². The molecular weight excluding hydrogens is 480 g/mol. The lowest BCUT2D eigenvalue weighted by molar-refractivity contribution is 0.389. The molecule has 1 heterocycles. The van der Waals surface area contributed by atoms with E-state index in [1.54, 1.807) is 41.7 Å². The van der Waals surface area contributed by atoms with Crippen molar-refractivity contribution in [2.45, 2.75) is 13.1 Å². The number of hydrogen-bond acceptors (Lipinski definition) is 6. The number of nitrogens with zero attached hydrogens (tertiary/aromatic N) is 2. The summed E-state index contributed by atoms with van der Waals surface area (Å²) in [5.41, 5.74) is 2.65. The van der Waals surface area contributed by atoms with Crippen LogP contribution < -0.4 is 29.4 Å². The number of anilines is 1. The maximum absolute atomic E-state index is 12.7. The van der Waals surface area contributed by atoms with Crippen molar-refractivity contribution in [2.24, 2.45) is 7.05 Å². The van der Waals surface area contributed by atoms with Gasteiger partial charge in [0.25, 0.3) is 5.56 Å². The van der Waals surface area contributed by atoms with Crippen LogP contribution in [0.2, 0.25) is 5.02 Å². The largest absolute Gasteiger partial charge is 0.497 e. The highest BCUT2D eigenvalue weighted by Crippen LogP contribution is 2.34. The van der Waals surface area contributed by atoms with Crippen LogP contribution in [-0.2, 0) is 20.1 Å². The van der Waals surface area contributed by atoms with Crippen molar-refractivity contribution in [3.63, 3.8) is 0 Å². The minimum absolute atomic E-state index is 0.135. The first-order valence-electron chi connectivity index (χ1n) is 11.3. The summed E-state index contributed by atoms with van der Waals surface area (Å²) in [6, 6.07) is 17.2. The molecule has 188 valence electrons. The summed E-state index contributed by atoms with van der Waals surface area (Å²) in [6.07, 6.45) is 1.74. The van der Waals surface area contributed by atoms with Crippen LogP contribution in [0.25, 0.3) is 10.8 Å². The molecule has 0 aliphatic heterocycles. The van der Waals surface area contributed by atoms with Gasteiger partial charge in [-0.2, -0.15) is 0 Å². The van der Waals surface area contributed by atoms with Crippen LogP contribution in [0.15, 0.2) is 65.6 Å². The summed E-state index contributed by atoms with van der Waals surface area (Å²) in [7, 11) is 8.23. The standard InChI is InChI=1S/C28H29ClN2O5/c1-30-11-10-18-12-21(13-24(29)27(18)28(30)32)31(16-19-6-8-22(33-2)14-25(19)35-4)17-20-7-9-23(34-3)15-26(20)36-5/h6-15H,16-17H2,1-5H3. The van der Waals surface area contributed by atoms with Gasteiger partial charge in [-0.25, -0.2) is 0 Å². The molecule has 8 heteroatoms. The summed E-state index contributed by atoms with van der Waals surface area (Å²) < 4.78 is 23.6. The van der Waals surface area contributed by atoms with Gasteiger partial charge >= 0.3 is 0 Å². The third-order valence-electron chi connectivity index (χ3n) is 6.19. The third kappa shape index (κ3) is 5.06. The van der Waals surface area contributed by atoms with E-state index in [1.165, 1.54) is 4.57 Å². The second-order valence-corrected chi connectivity index (χ2v) is 8.74. The van der Waals surface area contributed by atoms with Crippen LogP contribution in [0.1, 0.15) is 11.1 Å². The number of benzene rings is 3. The number of methoxy groups -OCH3 is 4. The second kappa shape index (κ2) is 10.8. The molecule has 7 nitrogen and oxygen atoms in total. The fourth-order valence-corrected chi connectivity index (χ4v) is 4.51. The zero-order valence-corrected chi connectivity index (χ0v) is 21.8. The third-order valence-corrected chi connectivity index (χ3v) is 6.49. The molecule has 0 atom stereocenters. The summed E-state index contributed by atoms with van der Waals surface area (Å²) in [4.78, 5) is 14.9. The Labute approximate surface area is 215 Å². The molecule has 0 fully saturated rings. The molecule has 4 aromatic rings. The second-order valence-electron chi connectivity index (χ2n) is 8.34. The fourth-order valence-electron chi connectivity index (χ4n) is 4.20. The molecule has 0 amide bonds. The predicted octanol–water partition coefficient (Wildman–Crippen LogP) is 5.43. The van der Waals surface area contributed by atoms with E-state index >= 15 is 0 Å². The summed E-state index contributed by atoms with van der Waals surface area (Å²) in [5.74, 6) is 2.84. The highest BCUT2D eigenvalue weighted by atomic mass is 35.5. The number of fused-ring (bicyclic) bond motifs is 1. The quantitative estimate of drug-likeness (QED) is 0.300. The van der Waals surface area contributed by atoms with Gasteiger partial charge in [0, 0.05) is 55.3 Å². The van der Waals surface area contributed by atoms with Crippen molar-refractivity contribution >= 4 is 28.1 Å². The monoisotopic (exact) mass is 508 g/mol. The van der Waals surface area contributed by atoms with E-state index in [0.717, 1.165) is 22.2 Å². The number of aryl methyl sites for hydroxylation is 1. The van der Waals surface area contributed by atoms with Crippen molar-refractivity contribution in [2.75, 3.05) is 33.3 Å². The molecule has 0 N–H and O–H groups in total. The molecule has 0 spiro atoms. The molecule has 0 aliphatic carbocycles. The SMILES string of the molecule is COc1ccc(CN(Cc2ccc(OC)cc2OC)c2cc(Cl)c3c(=O)n(C)ccc3c2)c(OC)c1. The number of halogens is 1. The van der Waals surface area contributed by atoms with Gasteiger partial charge in [0.05, 0.1) is 38.8 Å². The zero-order chi connectivity index (χ0) is 25.8. The van der Waals surface area contributed by atoms with Crippen molar-refractivity contribution in [1.82, 2.24) is 4.57 Å². The van der Waals surface area contributed by atoms with Crippen LogP contribution >= 0.6 is 11.6 Å². The molecule has 0 saturated heterocycles. The summed E-state index contributed by atoms with van der Waals surface area (Å²) in [6.45, 7) is 1.02. The molecule has 0 bridgehead atoms. The van der Waals surface area contributed by atoms with Crippen molar-refractivity contribution in [3.05, 3.63) is 87.3 Å². The van der Waals surface area contributed by atoms with Crippen LogP contribution in [-0.4, -0.2) is 33.0 Å². The van der Waals surface area contributed by atoms with E-state index in [2.05, 4.69) is 4.90 Å². The smallest absolute Gasteiger partial charge is 0.259 e. The number of hydrogen-bond donors (Lipinski definition) is 0. The lowest BCUT2D eigenvalue weighted by Crippen LogP contribution is -2.23. The summed E-state index contributed by atoms with van der Waals surface area (Å²) in [5, 5.41) is 1.67. The fraction of sp³-hybridized carbons (Fsp3) is 0.250. The summed E-state index contributed by atoms with van der Waals surface area (Å²) >= 11 is 6.66. The minimum atomic E-state index is -0.135.